The van der Waals surface area contributed by atoms with Crippen LogP contribution in [0, 0.1) is 23.7 Å². The van der Waals surface area contributed by atoms with Crippen LogP contribution in [0.3, 0.4) is 0 Å². The van der Waals surface area contributed by atoms with E-state index in [2.05, 4.69) is 55.4 Å². The first-order valence-electron chi connectivity index (χ1n) is 45.7. The highest BCUT2D eigenvalue weighted by Gasteiger charge is 2.31. The molecule has 0 rings (SSSR count). The molecule has 0 radical (unpaired) electrons. The van der Waals surface area contributed by atoms with Gasteiger partial charge in [-0.15, -0.1) is 0 Å². The average Bonchev–Trinajstić information content (AvgIpc) is 0.901. The van der Waals surface area contributed by atoms with Gasteiger partial charge in [0, 0.05) is 25.7 Å². The van der Waals surface area contributed by atoms with E-state index in [4.69, 9.17) is 37.0 Å². The zero-order valence-corrected chi connectivity index (χ0v) is 73.3. The van der Waals surface area contributed by atoms with Crippen molar-refractivity contribution in [3.05, 3.63) is 0 Å². The van der Waals surface area contributed by atoms with Crippen LogP contribution in [0.5, 0.6) is 0 Å². The zero-order chi connectivity index (χ0) is 79.5. The van der Waals surface area contributed by atoms with E-state index in [0.29, 0.717) is 25.7 Å². The Bertz CT molecular complexity index is 2100. The summed E-state index contributed by atoms with van der Waals surface area (Å²) < 4.78 is 69.0. The molecule has 0 fully saturated rings. The molecule has 0 heterocycles. The molecule has 0 bridgehead atoms. The molecule has 0 aromatic heterocycles. The number of phosphoric ester groups is 2. The number of rotatable bonds is 86. The van der Waals surface area contributed by atoms with Crippen molar-refractivity contribution in [1.82, 2.24) is 0 Å². The number of carbonyl (C=O) groups excluding carboxylic acids is 4. The van der Waals surface area contributed by atoms with E-state index in [1.54, 1.807) is 0 Å². The fraction of sp³-hybridized carbons (Fsp3) is 0.955. The Hall–Kier alpha value is -1.94. The summed E-state index contributed by atoms with van der Waals surface area (Å²) in [6.07, 6.45) is 68.2. The van der Waals surface area contributed by atoms with Gasteiger partial charge in [-0.2, -0.15) is 0 Å². The monoisotopic (exact) mass is 1580 g/mol. The smallest absolute Gasteiger partial charge is 0.462 e. The minimum atomic E-state index is -4.97. The van der Waals surface area contributed by atoms with Gasteiger partial charge in [0.2, 0.25) is 0 Å². The van der Waals surface area contributed by atoms with Crippen LogP contribution >= 0.6 is 15.6 Å². The molecule has 0 aromatic carbocycles. The number of esters is 4. The second-order valence-corrected chi connectivity index (χ2v) is 36.6. The quantitative estimate of drug-likeness (QED) is 0.0222. The Morgan fingerprint density at radius 3 is 0.657 bits per heavy atom. The van der Waals surface area contributed by atoms with Crippen molar-refractivity contribution in [3.63, 3.8) is 0 Å². The van der Waals surface area contributed by atoms with Crippen LogP contribution in [0.15, 0.2) is 0 Å². The standard InChI is InChI=1S/C89H174O17P2/c1-9-82(8)68-60-52-47-48-54-62-70-87(92)100-76-85(106-89(94)72-64-56-46-40-34-28-22-25-31-37-43-51-59-67-81(6)7)78-104-108(97,98)102-74-83(90)73-101-107(95,96)103-77-84(105-88(93)71-63-55-45-39-33-27-21-17-13-11-15-19-24-30-36-42-50-58-66-80(4)5)75-99-86(91)69-61-53-44-38-32-26-20-16-12-10-14-18-23-29-35-41-49-57-65-79(2)3/h79-85,90H,9-78H2,1-8H3,(H,95,96)(H,97,98)/t82?,83-,84-,85-/m1/s1. The third kappa shape index (κ3) is 80.7. The van der Waals surface area contributed by atoms with Gasteiger partial charge in [-0.05, 0) is 49.4 Å². The lowest BCUT2D eigenvalue weighted by atomic mass is 10.00. The number of hydrogen-bond acceptors (Lipinski definition) is 15. The summed E-state index contributed by atoms with van der Waals surface area (Å²) in [4.78, 5) is 73.3. The maximum Gasteiger partial charge on any atom is 0.472 e. The lowest BCUT2D eigenvalue weighted by molar-refractivity contribution is -0.161. The average molecular weight is 1580 g/mol. The molecule has 0 aliphatic carbocycles. The van der Waals surface area contributed by atoms with Crippen LogP contribution in [0.1, 0.15) is 466 Å². The van der Waals surface area contributed by atoms with Crippen molar-refractivity contribution < 1.29 is 80.2 Å². The molecule has 0 aromatic rings. The van der Waals surface area contributed by atoms with E-state index < -0.39 is 97.5 Å². The van der Waals surface area contributed by atoms with Crippen LogP contribution in [-0.2, 0) is 65.4 Å². The van der Waals surface area contributed by atoms with Crippen molar-refractivity contribution in [3.8, 4) is 0 Å². The maximum absolute atomic E-state index is 13.2. The number of phosphoric acid groups is 2. The van der Waals surface area contributed by atoms with Gasteiger partial charge in [-0.25, -0.2) is 9.13 Å². The summed E-state index contributed by atoms with van der Waals surface area (Å²) >= 11 is 0. The van der Waals surface area contributed by atoms with Crippen molar-refractivity contribution >= 4 is 39.5 Å². The molecule has 17 nitrogen and oxygen atoms in total. The Morgan fingerprint density at radius 2 is 0.444 bits per heavy atom. The number of aliphatic hydroxyl groups is 1. The fourth-order valence-electron chi connectivity index (χ4n) is 13.8. The maximum atomic E-state index is 13.2. The molecular weight excluding hydrogens is 1400 g/mol. The molecule has 0 saturated carbocycles. The molecular formula is C89H174O17P2. The molecule has 0 aliphatic rings. The fourth-order valence-corrected chi connectivity index (χ4v) is 15.4. The summed E-state index contributed by atoms with van der Waals surface area (Å²) in [5, 5.41) is 10.7. The first kappa shape index (κ1) is 106. The van der Waals surface area contributed by atoms with E-state index in [-0.39, 0.29) is 25.7 Å². The van der Waals surface area contributed by atoms with Gasteiger partial charge in [0.25, 0.3) is 0 Å². The highest BCUT2D eigenvalue weighted by molar-refractivity contribution is 7.47. The molecule has 0 amide bonds. The van der Waals surface area contributed by atoms with Gasteiger partial charge >= 0.3 is 39.5 Å². The summed E-state index contributed by atoms with van der Waals surface area (Å²) in [6, 6.07) is 0. The first-order chi connectivity index (χ1) is 52.1. The number of hydrogen-bond donors (Lipinski definition) is 3. The number of aliphatic hydroxyl groups excluding tert-OH is 1. The minimum absolute atomic E-state index is 0.106. The predicted octanol–water partition coefficient (Wildman–Crippen LogP) is 27.1. The molecule has 3 N–H and O–H groups in total. The van der Waals surface area contributed by atoms with Crippen LogP contribution in [-0.4, -0.2) is 96.7 Å². The van der Waals surface area contributed by atoms with Gasteiger partial charge in [0.1, 0.15) is 19.3 Å². The van der Waals surface area contributed by atoms with Crippen LogP contribution < -0.4 is 0 Å². The van der Waals surface area contributed by atoms with E-state index in [1.165, 1.54) is 263 Å². The van der Waals surface area contributed by atoms with Crippen LogP contribution in [0.2, 0.25) is 0 Å². The molecule has 6 atom stereocenters. The van der Waals surface area contributed by atoms with Crippen molar-refractivity contribution in [2.24, 2.45) is 23.7 Å². The number of unbranched alkanes of at least 4 members (excludes halogenated alkanes) is 51. The van der Waals surface area contributed by atoms with Gasteiger partial charge < -0.3 is 33.8 Å². The zero-order valence-electron chi connectivity index (χ0n) is 71.5. The minimum Gasteiger partial charge on any atom is -0.462 e. The summed E-state index contributed by atoms with van der Waals surface area (Å²) in [6.45, 7) is 14.3. The molecule has 0 aliphatic heterocycles. The first-order valence-corrected chi connectivity index (χ1v) is 48.7. The second-order valence-electron chi connectivity index (χ2n) is 33.7. The largest absolute Gasteiger partial charge is 0.472 e. The van der Waals surface area contributed by atoms with E-state index >= 15 is 0 Å². The molecule has 642 valence electrons. The summed E-state index contributed by atoms with van der Waals surface area (Å²) in [5.74, 6) is 1.06. The van der Waals surface area contributed by atoms with Crippen LogP contribution in [0.4, 0.5) is 0 Å². The third-order valence-electron chi connectivity index (χ3n) is 21.2. The van der Waals surface area contributed by atoms with E-state index in [0.717, 1.165) is 120 Å². The molecule has 0 saturated heterocycles. The molecule has 3 unspecified atom stereocenters. The second kappa shape index (κ2) is 77.6. The topological polar surface area (TPSA) is 237 Å². The lowest BCUT2D eigenvalue weighted by Gasteiger charge is -2.21. The summed E-state index contributed by atoms with van der Waals surface area (Å²) in [7, 11) is -9.93. The van der Waals surface area contributed by atoms with Gasteiger partial charge in [-0.1, -0.05) is 415 Å². The summed E-state index contributed by atoms with van der Waals surface area (Å²) in [5.41, 5.74) is 0. The SMILES string of the molecule is CCC(C)CCCCCCCCC(=O)OC[C@H](COP(=O)(O)OC[C@H](O)COP(=O)(O)OC[C@@H](COC(=O)CCCCCCCCCCCCCCCCCCCCC(C)C)OC(=O)CCCCCCCCCCCCCCCCCCCCC(C)C)OC(=O)CCCCCCCCCCCCCCCC(C)C. The van der Waals surface area contributed by atoms with Gasteiger partial charge in [0.05, 0.1) is 26.4 Å². The number of carbonyl (C=O) groups is 4. The number of ether oxygens (including phenoxy) is 4. The molecule has 108 heavy (non-hydrogen) atoms. The third-order valence-corrected chi connectivity index (χ3v) is 23.1. The highest BCUT2D eigenvalue weighted by Crippen LogP contribution is 2.45. The van der Waals surface area contributed by atoms with Crippen molar-refractivity contribution in [1.29, 1.82) is 0 Å². The normalized spacial score (nSPS) is 14.1. The van der Waals surface area contributed by atoms with E-state index in [1.807, 2.05) is 0 Å². The van der Waals surface area contributed by atoms with Gasteiger partial charge in [0.15, 0.2) is 12.2 Å². The van der Waals surface area contributed by atoms with Gasteiger partial charge in [-0.3, -0.25) is 37.3 Å². The van der Waals surface area contributed by atoms with E-state index in [9.17, 15) is 43.2 Å². The Balaban J connectivity index is 5.22. The Morgan fingerprint density at radius 1 is 0.259 bits per heavy atom. The van der Waals surface area contributed by atoms with Crippen molar-refractivity contribution in [2.75, 3.05) is 39.6 Å². The van der Waals surface area contributed by atoms with Crippen LogP contribution in [0.25, 0.3) is 0 Å². The Labute approximate surface area is 664 Å². The highest BCUT2D eigenvalue weighted by atomic mass is 31.2. The van der Waals surface area contributed by atoms with Crippen molar-refractivity contribution in [2.45, 2.75) is 485 Å². The molecule has 0 spiro atoms. The lowest BCUT2D eigenvalue weighted by Crippen LogP contribution is -2.30. The predicted molar refractivity (Wildman–Crippen MR) is 446 cm³/mol. The molecule has 19 heteroatoms. The Kier molecular flexibility index (Phi) is 76.2.